The van der Waals surface area contributed by atoms with Crippen LogP contribution >= 0.6 is 0 Å². The van der Waals surface area contributed by atoms with Gasteiger partial charge in [-0.05, 0) is 31.9 Å². The van der Waals surface area contributed by atoms with E-state index in [0.29, 0.717) is 12.5 Å². The Morgan fingerprint density at radius 1 is 1.47 bits per heavy atom. The number of nitrogens with zero attached hydrogens (tertiary/aromatic N) is 3. The van der Waals surface area contributed by atoms with Crippen LogP contribution in [0.25, 0.3) is 0 Å². The Hall–Kier alpha value is -2.04. The zero-order valence-electron chi connectivity index (χ0n) is 11.0. The molecule has 0 saturated carbocycles. The predicted molar refractivity (Wildman–Crippen MR) is 71.2 cm³/mol. The van der Waals surface area contributed by atoms with Crippen LogP contribution in [0.3, 0.4) is 0 Å². The topological polar surface area (TPSA) is 51.4 Å². The lowest BCUT2D eigenvalue weighted by atomic mass is 10.1. The van der Waals surface area contributed by atoms with Crippen LogP contribution in [0.4, 0.5) is 5.82 Å². The number of rotatable bonds is 4. The van der Waals surface area contributed by atoms with E-state index in [9.17, 15) is 0 Å². The van der Waals surface area contributed by atoms with Gasteiger partial charge < -0.3 is 14.1 Å². The molecule has 5 nitrogen and oxygen atoms in total. The van der Waals surface area contributed by atoms with Gasteiger partial charge in [-0.25, -0.2) is 9.97 Å². The molecule has 0 N–H and O–H groups in total. The minimum atomic E-state index is 0.263. The first kappa shape index (κ1) is 12.0. The largest absolute Gasteiger partial charge is 0.478 e. The van der Waals surface area contributed by atoms with Gasteiger partial charge >= 0.3 is 0 Å². The van der Waals surface area contributed by atoms with E-state index in [1.165, 1.54) is 0 Å². The summed E-state index contributed by atoms with van der Waals surface area (Å²) in [6.07, 6.45) is 5.50. The first-order chi connectivity index (χ1) is 9.38. The van der Waals surface area contributed by atoms with Crippen molar-refractivity contribution in [3.8, 4) is 5.88 Å². The molecule has 1 aliphatic rings. The van der Waals surface area contributed by atoms with Crippen LogP contribution in [0.15, 0.2) is 35.2 Å². The smallest absolute Gasteiger partial charge is 0.218 e. The van der Waals surface area contributed by atoms with Gasteiger partial charge in [0.2, 0.25) is 5.88 Å². The van der Waals surface area contributed by atoms with Crippen LogP contribution in [0.5, 0.6) is 5.88 Å². The number of hydrogen-bond donors (Lipinski definition) is 0. The molecule has 0 aliphatic carbocycles. The maximum Gasteiger partial charge on any atom is 0.218 e. The molecule has 0 spiro atoms. The summed E-state index contributed by atoms with van der Waals surface area (Å²) < 4.78 is 11.0. The van der Waals surface area contributed by atoms with Gasteiger partial charge in [-0.15, -0.1) is 0 Å². The summed E-state index contributed by atoms with van der Waals surface area (Å²) in [6.45, 7) is 3.54. The predicted octanol–water partition coefficient (Wildman–Crippen LogP) is 2.81. The van der Waals surface area contributed by atoms with E-state index in [1.54, 1.807) is 12.6 Å². The second-order valence-electron chi connectivity index (χ2n) is 4.51. The van der Waals surface area contributed by atoms with Gasteiger partial charge in [0.15, 0.2) is 0 Å². The number of hydrogen-bond acceptors (Lipinski definition) is 5. The lowest BCUT2D eigenvalue weighted by Crippen LogP contribution is -2.23. The second-order valence-corrected chi connectivity index (χ2v) is 4.51. The maximum absolute atomic E-state index is 5.53. The molecule has 1 fully saturated rings. The van der Waals surface area contributed by atoms with Crippen LogP contribution in [-0.4, -0.2) is 23.1 Å². The van der Waals surface area contributed by atoms with E-state index in [-0.39, 0.29) is 6.04 Å². The molecule has 100 valence electrons. The van der Waals surface area contributed by atoms with Crippen LogP contribution in [0.1, 0.15) is 31.6 Å². The number of furan rings is 1. The van der Waals surface area contributed by atoms with Crippen LogP contribution < -0.4 is 9.64 Å². The third-order valence-corrected chi connectivity index (χ3v) is 3.34. The molecule has 5 heteroatoms. The second kappa shape index (κ2) is 5.30. The van der Waals surface area contributed by atoms with Gasteiger partial charge in [-0.2, -0.15) is 0 Å². The Morgan fingerprint density at radius 2 is 2.42 bits per heavy atom. The molecule has 1 saturated heterocycles. The molecule has 0 amide bonds. The van der Waals surface area contributed by atoms with Gasteiger partial charge in [-0.1, -0.05) is 0 Å². The maximum atomic E-state index is 5.53. The summed E-state index contributed by atoms with van der Waals surface area (Å²) in [5.74, 6) is 2.52. The molecule has 0 radical (unpaired) electrons. The molecule has 0 bridgehead atoms. The fourth-order valence-corrected chi connectivity index (χ4v) is 2.53. The fourth-order valence-electron chi connectivity index (χ4n) is 2.53. The summed E-state index contributed by atoms with van der Waals surface area (Å²) in [5.41, 5.74) is 0. The van der Waals surface area contributed by atoms with E-state index >= 15 is 0 Å². The van der Waals surface area contributed by atoms with Crippen molar-refractivity contribution in [2.75, 3.05) is 18.1 Å². The van der Waals surface area contributed by atoms with Crippen molar-refractivity contribution in [2.24, 2.45) is 0 Å². The third-order valence-electron chi connectivity index (χ3n) is 3.34. The van der Waals surface area contributed by atoms with Crippen molar-refractivity contribution >= 4 is 5.82 Å². The first-order valence-electron chi connectivity index (χ1n) is 6.63. The lowest BCUT2D eigenvalue weighted by molar-refractivity contribution is 0.326. The standard InChI is InChI=1S/C14H17N3O2/c1-2-18-14-9-13(15-10-16-14)17-7-3-5-11(17)12-6-4-8-19-12/h4,6,8-11H,2-3,5,7H2,1H3. The Balaban J connectivity index is 1.86. The Morgan fingerprint density at radius 3 is 3.21 bits per heavy atom. The highest BCUT2D eigenvalue weighted by atomic mass is 16.5. The quantitative estimate of drug-likeness (QED) is 0.845. The molecule has 19 heavy (non-hydrogen) atoms. The van der Waals surface area contributed by atoms with Crippen molar-refractivity contribution in [1.82, 2.24) is 9.97 Å². The minimum Gasteiger partial charge on any atom is -0.478 e. The van der Waals surface area contributed by atoms with E-state index in [2.05, 4.69) is 14.9 Å². The van der Waals surface area contributed by atoms with E-state index in [0.717, 1.165) is 31.0 Å². The van der Waals surface area contributed by atoms with E-state index < -0.39 is 0 Å². The summed E-state index contributed by atoms with van der Waals surface area (Å²) >= 11 is 0. The normalized spacial score (nSPS) is 18.8. The summed E-state index contributed by atoms with van der Waals surface area (Å²) in [6, 6.07) is 6.11. The third kappa shape index (κ3) is 2.41. The van der Waals surface area contributed by atoms with Crippen LogP contribution in [-0.2, 0) is 0 Å². The first-order valence-corrected chi connectivity index (χ1v) is 6.63. The highest BCUT2D eigenvalue weighted by molar-refractivity contribution is 5.44. The number of anilines is 1. The molecule has 2 aromatic heterocycles. The van der Waals surface area contributed by atoms with Crippen molar-refractivity contribution in [3.05, 3.63) is 36.5 Å². The van der Waals surface area contributed by atoms with Crippen molar-refractivity contribution in [2.45, 2.75) is 25.8 Å². The Bertz CT molecular complexity index is 527. The molecule has 1 atom stereocenters. The van der Waals surface area contributed by atoms with Crippen molar-refractivity contribution < 1.29 is 9.15 Å². The molecule has 2 aromatic rings. The van der Waals surface area contributed by atoms with E-state index in [4.69, 9.17) is 9.15 Å². The molecule has 3 rings (SSSR count). The molecule has 1 aliphatic heterocycles. The Labute approximate surface area is 112 Å². The van der Waals surface area contributed by atoms with Crippen LogP contribution in [0.2, 0.25) is 0 Å². The van der Waals surface area contributed by atoms with Gasteiger partial charge in [0.05, 0.1) is 18.9 Å². The lowest BCUT2D eigenvalue weighted by Gasteiger charge is -2.24. The van der Waals surface area contributed by atoms with Gasteiger partial charge in [-0.3, -0.25) is 0 Å². The summed E-state index contributed by atoms with van der Waals surface area (Å²) in [5, 5.41) is 0. The molecule has 0 aromatic carbocycles. The van der Waals surface area contributed by atoms with Gasteiger partial charge in [0.25, 0.3) is 0 Å². The van der Waals surface area contributed by atoms with Crippen molar-refractivity contribution in [3.63, 3.8) is 0 Å². The molecule has 3 heterocycles. The zero-order chi connectivity index (χ0) is 13.1. The van der Waals surface area contributed by atoms with Crippen molar-refractivity contribution in [1.29, 1.82) is 0 Å². The van der Waals surface area contributed by atoms with Gasteiger partial charge in [0, 0.05) is 12.6 Å². The zero-order valence-corrected chi connectivity index (χ0v) is 11.0. The minimum absolute atomic E-state index is 0.263. The average molecular weight is 259 g/mol. The Kier molecular flexibility index (Phi) is 3.35. The summed E-state index contributed by atoms with van der Waals surface area (Å²) in [7, 11) is 0. The highest BCUT2D eigenvalue weighted by Gasteiger charge is 2.29. The molecular formula is C14H17N3O2. The van der Waals surface area contributed by atoms with Gasteiger partial charge in [0.1, 0.15) is 17.9 Å². The number of ether oxygens (including phenoxy) is 1. The SMILES string of the molecule is CCOc1cc(N2CCCC2c2ccco2)ncn1. The van der Waals surface area contributed by atoms with E-state index in [1.807, 2.05) is 25.1 Å². The fraction of sp³-hybridized carbons (Fsp3) is 0.429. The summed E-state index contributed by atoms with van der Waals surface area (Å²) in [4.78, 5) is 10.7. The molecule has 1 unspecified atom stereocenters. The average Bonchev–Trinajstić information content (AvgIpc) is 3.10. The van der Waals surface area contributed by atoms with Crippen LogP contribution in [0, 0.1) is 0 Å². The number of aromatic nitrogens is 2. The highest BCUT2D eigenvalue weighted by Crippen LogP contribution is 2.35. The molecular weight excluding hydrogens is 242 g/mol. The monoisotopic (exact) mass is 259 g/mol.